The molecule has 0 atom stereocenters. The molecular formula is C12H14N2O. The molecule has 2 rings (SSSR count). The second kappa shape index (κ2) is 4.28. The quantitative estimate of drug-likeness (QED) is 0.822. The van der Waals surface area contributed by atoms with E-state index in [0.717, 1.165) is 16.9 Å². The molecule has 0 aliphatic heterocycles. The molecule has 1 heterocycles. The molecule has 0 bridgehead atoms. The first kappa shape index (κ1) is 9.93. The largest absolute Gasteiger partial charge is 0.396 e. The molecule has 1 aromatic carbocycles. The summed E-state index contributed by atoms with van der Waals surface area (Å²) in [6, 6.07) is 9.97. The lowest BCUT2D eigenvalue weighted by atomic mass is 10.2. The highest BCUT2D eigenvalue weighted by molar-refractivity contribution is 5.32. The van der Waals surface area contributed by atoms with Crippen molar-refractivity contribution in [2.75, 3.05) is 6.61 Å². The Morgan fingerprint density at radius 2 is 2.00 bits per heavy atom. The number of benzene rings is 1. The van der Waals surface area contributed by atoms with Gasteiger partial charge in [-0.1, -0.05) is 18.2 Å². The van der Waals surface area contributed by atoms with E-state index in [1.54, 1.807) is 0 Å². The Kier molecular flexibility index (Phi) is 2.83. The van der Waals surface area contributed by atoms with Gasteiger partial charge < -0.3 is 5.11 Å². The minimum absolute atomic E-state index is 0.168. The summed E-state index contributed by atoms with van der Waals surface area (Å²) in [6.45, 7) is 2.13. The summed E-state index contributed by atoms with van der Waals surface area (Å²) in [4.78, 5) is 0. The normalized spacial score (nSPS) is 10.5. The summed E-state index contributed by atoms with van der Waals surface area (Å²) in [5, 5.41) is 13.3. The van der Waals surface area contributed by atoms with Crippen molar-refractivity contribution in [2.24, 2.45) is 0 Å². The van der Waals surface area contributed by atoms with Crippen molar-refractivity contribution in [1.29, 1.82) is 0 Å². The van der Waals surface area contributed by atoms with E-state index in [-0.39, 0.29) is 6.61 Å². The summed E-state index contributed by atoms with van der Waals surface area (Å²) in [5.41, 5.74) is 3.12. The van der Waals surface area contributed by atoms with E-state index < -0.39 is 0 Å². The van der Waals surface area contributed by atoms with Crippen LogP contribution in [-0.4, -0.2) is 21.5 Å². The maximum Gasteiger partial charge on any atom is 0.0645 e. The summed E-state index contributed by atoms with van der Waals surface area (Å²) in [7, 11) is 0. The number of rotatable bonds is 3. The molecule has 0 amide bonds. The van der Waals surface area contributed by atoms with Gasteiger partial charge in [0.15, 0.2) is 0 Å². The Morgan fingerprint density at radius 3 is 2.67 bits per heavy atom. The van der Waals surface area contributed by atoms with Gasteiger partial charge in [-0.25, -0.2) is 4.68 Å². The third-order valence-corrected chi connectivity index (χ3v) is 2.40. The predicted octanol–water partition coefficient (Wildman–Crippen LogP) is 1.72. The van der Waals surface area contributed by atoms with Crippen molar-refractivity contribution in [2.45, 2.75) is 13.3 Å². The van der Waals surface area contributed by atoms with Crippen LogP contribution in [0.15, 0.2) is 36.5 Å². The Labute approximate surface area is 89.0 Å². The summed E-state index contributed by atoms with van der Waals surface area (Å²) >= 11 is 0. The molecule has 15 heavy (non-hydrogen) atoms. The van der Waals surface area contributed by atoms with Crippen LogP contribution in [0, 0.1) is 6.92 Å². The second-order valence-corrected chi connectivity index (χ2v) is 3.49. The van der Waals surface area contributed by atoms with Crippen LogP contribution in [0.5, 0.6) is 0 Å². The molecule has 0 aliphatic carbocycles. The number of aromatic nitrogens is 2. The van der Waals surface area contributed by atoms with E-state index in [1.165, 1.54) is 0 Å². The number of para-hydroxylation sites is 1. The zero-order valence-corrected chi connectivity index (χ0v) is 8.72. The van der Waals surface area contributed by atoms with Crippen molar-refractivity contribution < 1.29 is 5.11 Å². The Hall–Kier alpha value is -1.61. The van der Waals surface area contributed by atoms with Crippen LogP contribution in [0.25, 0.3) is 5.69 Å². The van der Waals surface area contributed by atoms with Crippen molar-refractivity contribution >= 4 is 0 Å². The van der Waals surface area contributed by atoms with Crippen LogP contribution in [-0.2, 0) is 6.42 Å². The smallest absolute Gasteiger partial charge is 0.0645 e. The molecule has 0 saturated heterocycles. The maximum absolute atomic E-state index is 8.89. The van der Waals surface area contributed by atoms with Crippen LogP contribution in [0.1, 0.15) is 11.3 Å². The Morgan fingerprint density at radius 1 is 1.27 bits per heavy atom. The van der Waals surface area contributed by atoms with E-state index >= 15 is 0 Å². The van der Waals surface area contributed by atoms with Crippen LogP contribution in [0.4, 0.5) is 0 Å². The minimum atomic E-state index is 0.168. The average Bonchev–Trinajstić information content (AvgIpc) is 2.63. The number of aliphatic hydroxyl groups is 1. The van der Waals surface area contributed by atoms with Crippen molar-refractivity contribution in [3.8, 4) is 5.69 Å². The fourth-order valence-corrected chi connectivity index (χ4v) is 1.57. The standard InChI is InChI=1S/C12H14N2O/c1-10-11(7-8-15)9-14(13-10)12-5-3-2-4-6-12/h2-6,9,15H,7-8H2,1H3. The van der Waals surface area contributed by atoms with Gasteiger partial charge in [-0.2, -0.15) is 5.10 Å². The molecule has 78 valence electrons. The van der Waals surface area contributed by atoms with Crippen LogP contribution in [0.2, 0.25) is 0 Å². The molecule has 3 nitrogen and oxygen atoms in total. The van der Waals surface area contributed by atoms with Crippen LogP contribution >= 0.6 is 0 Å². The molecule has 0 fully saturated rings. The van der Waals surface area contributed by atoms with Gasteiger partial charge >= 0.3 is 0 Å². The lowest BCUT2D eigenvalue weighted by molar-refractivity contribution is 0.299. The van der Waals surface area contributed by atoms with Gasteiger partial charge in [0.2, 0.25) is 0 Å². The van der Waals surface area contributed by atoms with Gasteiger partial charge in [-0.15, -0.1) is 0 Å². The monoisotopic (exact) mass is 202 g/mol. The average molecular weight is 202 g/mol. The highest BCUT2D eigenvalue weighted by atomic mass is 16.2. The molecule has 1 aromatic heterocycles. The predicted molar refractivity (Wildman–Crippen MR) is 59.1 cm³/mol. The summed E-state index contributed by atoms with van der Waals surface area (Å²) in [5.74, 6) is 0. The fourth-order valence-electron chi connectivity index (χ4n) is 1.57. The van der Waals surface area contributed by atoms with Gasteiger partial charge in [-0.3, -0.25) is 0 Å². The van der Waals surface area contributed by atoms with Crippen LogP contribution in [0.3, 0.4) is 0 Å². The maximum atomic E-state index is 8.89. The fraction of sp³-hybridized carbons (Fsp3) is 0.250. The van der Waals surface area contributed by atoms with Gasteiger partial charge in [-0.05, 0) is 31.0 Å². The Bertz CT molecular complexity index is 434. The first-order chi connectivity index (χ1) is 7.31. The zero-order chi connectivity index (χ0) is 10.7. The number of hydrogen-bond donors (Lipinski definition) is 1. The van der Waals surface area contributed by atoms with Crippen molar-refractivity contribution in [3.63, 3.8) is 0 Å². The van der Waals surface area contributed by atoms with Crippen molar-refractivity contribution in [1.82, 2.24) is 9.78 Å². The third kappa shape index (κ3) is 2.07. The van der Waals surface area contributed by atoms with E-state index in [1.807, 2.05) is 48.1 Å². The summed E-state index contributed by atoms with van der Waals surface area (Å²) < 4.78 is 1.85. The molecule has 0 aliphatic rings. The SMILES string of the molecule is Cc1nn(-c2ccccc2)cc1CCO. The van der Waals surface area contributed by atoms with E-state index in [2.05, 4.69) is 5.10 Å². The number of hydrogen-bond acceptors (Lipinski definition) is 2. The highest BCUT2D eigenvalue weighted by Crippen LogP contribution is 2.11. The van der Waals surface area contributed by atoms with E-state index in [9.17, 15) is 0 Å². The topological polar surface area (TPSA) is 38.0 Å². The Balaban J connectivity index is 2.34. The molecule has 3 heteroatoms. The molecular weight excluding hydrogens is 188 g/mol. The van der Waals surface area contributed by atoms with Gasteiger partial charge in [0, 0.05) is 12.8 Å². The first-order valence-corrected chi connectivity index (χ1v) is 5.02. The molecule has 0 radical (unpaired) electrons. The van der Waals surface area contributed by atoms with Gasteiger partial charge in [0.25, 0.3) is 0 Å². The molecule has 0 spiro atoms. The molecule has 2 aromatic rings. The highest BCUT2D eigenvalue weighted by Gasteiger charge is 2.04. The molecule has 0 unspecified atom stereocenters. The van der Waals surface area contributed by atoms with E-state index in [0.29, 0.717) is 6.42 Å². The zero-order valence-electron chi connectivity index (χ0n) is 8.72. The second-order valence-electron chi connectivity index (χ2n) is 3.49. The lowest BCUT2D eigenvalue weighted by Crippen LogP contribution is -1.93. The van der Waals surface area contributed by atoms with Crippen LogP contribution < -0.4 is 0 Å². The number of aliphatic hydroxyl groups excluding tert-OH is 1. The van der Waals surface area contributed by atoms with E-state index in [4.69, 9.17) is 5.11 Å². The molecule has 0 saturated carbocycles. The summed E-state index contributed by atoms with van der Waals surface area (Å²) in [6.07, 6.45) is 2.64. The third-order valence-electron chi connectivity index (χ3n) is 2.40. The van der Waals surface area contributed by atoms with Gasteiger partial charge in [0.1, 0.15) is 0 Å². The lowest BCUT2D eigenvalue weighted by Gasteiger charge is -1.98. The minimum Gasteiger partial charge on any atom is -0.396 e. The molecule has 1 N–H and O–H groups in total. The number of aryl methyl sites for hydroxylation is 1. The first-order valence-electron chi connectivity index (χ1n) is 5.02. The van der Waals surface area contributed by atoms with Gasteiger partial charge in [0.05, 0.1) is 11.4 Å². The number of nitrogens with zero attached hydrogens (tertiary/aromatic N) is 2. The van der Waals surface area contributed by atoms with Crippen molar-refractivity contribution in [3.05, 3.63) is 47.8 Å².